The third-order valence-corrected chi connectivity index (χ3v) is 5.51. The summed E-state index contributed by atoms with van der Waals surface area (Å²) in [5.41, 5.74) is 3.80. The van der Waals surface area contributed by atoms with Gasteiger partial charge in [-0.2, -0.15) is 0 Å². The van der Waals surface area contributed by atoms with E-state index < -0.39 is 0 Å². The molecule has 2 atom stereocenters. The molecule has 28 heavy (non-hydrogen) atoms. The maximum Gasteiger partial charge on any atom is 0.193 e. The first-order chi connectivity index (χ1) is 13.6. The lowest BCUT2D eigenvalue weighted by molar-refractivity contribution is -0.00834. The second kappa shape index (κ2) is 9.69. The Morgan fingerprint density at radius 3 is 2.79 bits per heavy atom. The summed E-state index contributed by atoms with van der Waals surface area (Å²) in [4.78, 5) is 11.1. The molecule has 150 valence electrons. The lowest BCUT2D eigenvalue weighted by Crippen LogP contribution is -2.49. The van der Waals surface area contributed by atoms with E-state index in [0.717, 1.165) is 25.6 Å². The van der Waals surface area contributed by atoms with Crippen LogP contribution in [0.3, 0.4) is 0 Å². The van der Waals surface area contributed by atoms with Crippen molar-refractivity contribution in [3.63, 3.8) is 0 Å². The first-order valence-electron chi connectivity index (χ1n) is 10.1. The Bertz CT molecular complexity index is 775. The van der Waals surface area contributed by atoms with Crippen molar-refractivity contribution in [2.45, 2.75) is 32.8 Å². The van der Waals surface area contributed by atoms with E-state index in [1.807, 2.05) is 25.5 Å². The summed E-state index contributed by atoms with van der Waals surface area (Å²) < 4.78 is 6.07. The molecule has 0 amide bonds. The zero-order valence-electron chi connectivity index (χ0n) is 17.4. The number of nitrogens with one attached hydrogen (secondary N) is 1. The second-order valence-corrected chi connectivity index (χ2v) is 7.73. The molecule has 1 aromatic heterocycles. The summed E-state index contributed by atoms with van der Waals surface area (Å²) in [7, 11) is 1.86. The Morgan fingerprint density at radius 2 is 2.11 bits per heavy atom. The second-order valence-electron chi connectivity index (χ2n) is 7.73. The molecular weight excluding hydrogens is 348 g/mol. The van der Waals surface area contributed by atoms with Crippen LogP contribution in [0.25, 0.3) is 0 Å². The third kappa shape index (κ3) is 4.90. The van der Waals surface area contributed by atoms with Crippen LogP contribution in [0.4, 0.5) is 0 Å². The fourth-order valence-electron chi connectivity index (χ4n) is 3.85. The van der Waals surface area contributed by atoms with Gasteiger partial charge in [-0.3, -0.25) is 9.98 Å². The van der Waals surface area contributed by atoms with Gasteiger partial charge in [-0.05, 0) is 35.6 Å². The van der Waals surface area contributed by atoms with Crippen molar-refractivity contribution in [2.24, 2.45) is 10.9 Å². The van der Waals surface area contributed by atoms with Crippen molar-refractivity contribution in [3.05, 3.63) is 65.5 Å². The fraction of sp³-hybridized carbons (Fsp3) is 0.478. The molecule has 1 N–H and O–H groups in total. The molecule has 0 radical (unpaired) electrons. The van der Waals surface area contributed by atoms with Crippen molar-refractivity contribution in [3.8, 4) is 0 Å². The van der Waals surface area contributed by atoms with Crippen LogP contribution >= 0.6 is 0 Å². The number of guanidine groups is 1. The first kappa shape index (κ1) is 20.3. The largest absolute Gasteiger partial charge is 0.370 e. The van der Waals surface area contributed by atoms with Crippen LogP contribution in [0, 0.1) is 12.8 Å². The summed E-state index contributed by atoms with van der Waals surface area (Å²) in [6.07, 6.45) is 3.87. The van der Waals surface area contributed by atoms with Gasteiger partial charge in [0.15, 0.2) is 5.96 Å². The van der Waals surface area contributed by atoms with E-state index in [4.69, 9.17) is 4.74 Å². The van der Waals surface area contributed by atoms with Gasteiger partial charge >= 0.3 is 0 Å². The summed E-state index contributed by atoms with van der Waals surface area (Å²) in [6, 6.07) is 12.6. The van der Waals surface area contributed by atoms with Crippen molar-refractivity contribution in [2.75, 3.05) is 33.3 Å². The summed E-state index contributed by atoms with van der Waals surface area (Å²) in [6.45, 7) is 9.85. The molecular formula is C23H32N4O. The fourth-order valence-corrected chi connectivity index (χ4v) is 3.85. The molecule has 2 aromatic rings. The Morgan fingerprint density at radius 1 is 1.29 bits per heavy atom. The van der Waals surface area contributed by atoms with Crippen LogP contribution in [0.2, 0.25) is 0 Å². The molecule has 1 aliphatic heterocycles. The average molecular weight is 381 g/mol. The van der Waals surface area contributed by atoms with Gasteiger partial charge in [0.05, 0.1) is 13.2 Å². The van der Waals surface area contributed by atoms with Crippen molar-refractivity contribution in [1.82, 2.24) is 15.2 Å². The molecule has 3 rings (SSSR count). The number of benzene rings is 1. The van der Waals surface area contributed by atoms with Crippen LogP contribution in [0.5, 0.6) is 0 Å². The number of aromatic nitrogens is 1. The first-order valence-corrected chi connectivity index (χ1v) is 10.1. The normalized spacial score (nSPS) is 19.0. The zero-order chi connectivity index (χ0) is 19.9. The number of rotatable bonds is 5. The summed E-state index contributed by atoms with van der Waals surface area (Å²) in [5, 5.41) is 3.60. The number of ether oxygens (including phenoxy) is 1. The lowest BCUT2D eigenvalue weighted by Gasteiger charge is -2.36. The van der Waals surface area contributed by atoms with Crippen LogP contribution in [-0.4, -0.2) is 49.1 Å². The third-order valence-electron chi connectivity index (χ3n) is 5.51. The summed E-state index contributed by atoms with van der Waals surface area (Å²) in [5.74, 6) is 1.84. The van der Waals surface area contributed by atoms with Crippen LogP contribution in [0.15, 0.2) is 53.8 Å². The number of hydrogen-bond acceptors (Lipinski definition) is 3. The van der Waals surface area contributed by atoms with E-state index >= 15 is 0 Å². The lowest BCUT2D eigenvalue weighted by atomic mass is 9.89. The van der Waals surface area contributed by atoms with Crippen molar-refractivity contribution in [1.29, 1.82) is 0 Å². The molecule has 5 nitrogen and oxygen atoms in total. The van der Waals surface area contributed by atoms with E-state index in [2.05, 4.69) is 71.3 Å². The Balaban J connectivity index is 1.67. The average Bonchev–Trinajstić information content (AvgIpc) is 2.72. The molecule has 2 heterocycles. The monoisotopic (exact) mass is 380 g/mol. The molecule has 2 unspecified atom stereocenters. The minimum Gasteiger partial charge on any atom is -0.370 e. The van der Waals surface area contributed by atoms with Crippen LogP contribution in [-0.2, 0) is 4.74 Å². The standard InChI is InChI=1S/C23H32N4O/c1-17(2)21(19-9-7-11-25-14-19)15-26-23(24-4)27-12-13-28-22(16-27)20-10-6-5-8-18(20)3/h5-11,14,17,21-22H,12-13,15-16H2,1-4H3,(H,24,26). The number of aliphatic imine (C=N–C) groups is 1. The van der Waals surface area contributed by atoms with Gasteiger partial charge in [-0.25, -0.2) is 0 Å². The number of aryl methyl sites for hydroxylation is 1. The van der Waals surface area contributed by atoms with Crippen molar-refractivity contribution < 1.29 is 4.74 Å². The topological polar surface area (TPSA) is 49.8 Å². The highest BCUT2D eigenvalue weighted by Gasteiger charge is 2.26. The van der Waals surface area contributed by atoms with E-state index in [-0.39, 0.29) is 6.10 Å². The van der Waals surface area contributed by atoms with E-state index in [1.54, 1.807) is 0 Å². The SMILES string of the molecule is CN=C(NCC(c1cccnc1)C(C)C)N1CCOC(c2ccccc2C)C1. The van der Waals surface area contributed by atoms with Gasteiger partial charge in [-0.15, -0.1) is 0 Å². The van der Waals surface area contributed by atoms with E-state index in [9.17, 15) is 0 Å². The summed E-state index contributed by atoms with van der Waals surface area (Å²) >= 11 is 0. The highest BCUT2D eigenvalue weighted by atomic mass is 16.5. The quantitative estimate of drug-likeness (QED) is 0.634. The Labute approximate surface area is 168 Å². The number of nitrogens with zero attached hydrogens (tertiary/aromatic N) is 3. The van der Waals surface area contributed by atoms with Crippen molar-refractivity contribution >= 4 is 5.96 Å². The molecule has 5 heteroatoms. The van der Waals surface area contributed by atoms with Gasteiger partial charge in [0.25, 0.3) is 0 Å². The Hall–Kier alpha value is -2.40. The van der Waals surface area contributed by atoms with Gasteiger partial charge in [-0.1, -0.05) is 44.2 Å². The molecule has 0 aliphatic carbocycles. The zero-order valence-corrected chi connectivity index (χ0v) is 17.4. The van der Waals surface area contributed by atoms with E-state index in [1.165, 1.54) is 16.7 Å². The molecule has 1 aromatic carbocycles. The minimum atomic E-state index is 0.0766. The predicted octanol–water partition coefficient (Wildman–Crippen LogP) is 3.78. The highest BCUT2D eigenvalue weighted by molar-refractivity contribution is 5.80. The maximum atomic E-state index is 6.07. The molecule has 0 bridgehead atoms. The van der Waals surface area contributed by atoms with Crippen LogP contribution < -0.4 is 5.32 Å². The van der Waals surface area contributed by atoms with Gasteiger partial charge in [0.2, 0.25) is 0 Å². The molecule has 1 aliphatic rings. The molecule has 1 fully saturated rings. The molecule has 0 saturated carbocycles. The minimum absolute atomic E-state index is 0.0766. The van der Waals surface area contributed by atoms with E-state index in [0.29, 0.717) is 18.4 Å². The van der Waals surface area contributed by atoms with Crippen LogP contribution in [0.1, 0.15) is 42.6 Å². The number of hydrogen-bond donors (Lipinski definition) is 1. The molecule has 1 saturated heterocycles. The number of morpholine rings is 1. The smallest absolute Gasteiger partial charge is 0.193 e. The van der Waals surface area contributed by atoms with Gasteiger partial charge in [0.1, 0.15) is 6.10 Å². The van der Waals surface area contributed by atoms with Gasteiger partial charge < -0.3 is 15.0 Å². The molecule has 0 spiro atoms. The highest BCUT2D eigenvalue weighted by Crippen LogP contribution is 2.26. The Kier molecular flexibility index (Phi) is 7.04. The predicted molar refractivity (Wildman–Crippen MR) is 115 cm³/mol. The maximum absolute atomic E-state index is 6.07. The number of pyridine rings is 1. The van der Waals surface area contributed by atoms with Gasteiger partial charge in [0, 0.05) is 38.4 Å².